The Bertz CT molecular complexity index is 578. The number of fused-ring (bicyclic) bond motifs is 1. The van der Waals surface area contributed by atoms with Gasteiger partial charge in [0, 0.05) is 24.1 Å². The fourth-order valence-corrected chi connectivity index (χ4v) is 2.30. The third kappa shape index (κ3) is 3.06. The Labute approximate surface area is 122 Å². The predicted molar refractivity (Wildman–Crippen MR) is 78.9 cm³/mol. The van der Waals surface area contributed by atoms with Gasteiger partial charge in [-0.25, -0.2) is 0 Å². The molecule has 0 radical (unpaired) electrons. The topological polar surface area (TPSA) is 34.4 Å². The Balaban J connectivity index is 2.49. The summed E-state index contributed by atoms with van der Waals surface area (Å²) < 4.78 is 11.1. The first kappa shape index (κ1) is 14.7. The molecule has 0 amide bonds. The molecule has 1 aromatic carbocycles. The lowest BCUT2D eigenvalue weighted by molar-refractivity contribution is 0.183. The van der Waals surface area contributed by atoms with E-state index in [0.717, 1.165) is 16.7 Å². The first-order chi connectivity index (χ1) is 9.04. The number of rotatable bonds is 5. The molecule has 0 aliphatic rings. The summed E-state index contributed by atoms with van der Waals surface area (Å²) in [5.74, 6) is 0.842. The van der Waals surface area contributed by atoms with Gasteiger partial charge in [-0.05, 0) is 12.1 Å². The lowest BCUT2D eigenvalue weighted by Gasteiger charge is -2.07. The van der Waals surface area contributed by atoms with Crippen LogP contribution < -0.4 is 5.32 Å². The average Bonchev–Trinajstić information content (AvgIpc) is 2.71. The normalized spacial score (nSPS) is 11.7. The Kier molecular flexibility index (Phi) is 4.74. The summed E-state index contributed by atoms with van der Waals surface area (Å²) in [6.45, 7) is 5.30. The zero-order chi connectivity index (χ0) is 14.0. The van der Waals surface area contributed by atoms with Crippen LogP contribution in [-0.2, 0) is 17.9 Å². The van der Waals surface area contributed by atoms with E-state index < -0.39 is 0 Å². The van der Waals surface area contributed by atoms with Gasteiger partial charge in [0.05, 0.1) is 18.2 Å². The Morgan fingerprint density at radius 3 is 2.68 bits per heavy atom. The van der Waals surface area contributed by atoms with Crippen molar-refractivity contribution in [2.24, 2.45) is 0 Å². The molecule has 5 heteroatoms. The number of ether oxygens (including phenoxy) is 1. The van der Waals surface area contributed by atoms with Crippen LogP contribution in [0.5, 0.6) is 0 Å². The molecule has 19 heavy (non-hydrogen) atoms. The molecule has 1 heterocycles. The number of hydrogen-bond donors (Lipinski definition) is 1. The van der Waals surface area contributed by atoms with Crippen LogP contribution in [0, 0.1) is 0 Å². The lowest BCUT2D eigenvalue weighted by Crippen LogP contribution is -2.22. The second-order valence-electron chi connectivity index (χ2n) is 4.71. The highest BCUT2D eigenvalue weighted by Crippen LogP contribution is 2.36. The molecule has 2 aromatic rings. The van der Waals surface area contributed by atoms with Crippen molar-refractivity contribution >= 4 is 34.2 Å². The van der Waals surface area contributed by atoms with Gasteiger partial charge in [0.15, 0.2) is 5.58 Å². The number of benzene rings is 1. The van der Waals surface area contributed by atoms with Crippen LogP contribution in [0.3, 0.4) is 0 Å². The highest BCUT2D eigenvalue weighted by atomic mass is 35.5. The number of halogens is 2. The smallest absolute Gasteiger partial charge is 0.154 e. The van der Waals surface area contributed by atoms with Crippen LogP contribution in [0.4, 0.5) is 0 Å². The van der Waals surface area contributed by atoms with Crippen LogP contribution in [0.25, 0.3) is 11.0 Å². The molecule has 0 saturated heterocycles. The maximum Gasteiger partial charge on any atom is 0.154 e. The van der Waals surface area contributed by atoms with Crippen molar-refractivity contribution < 1.29 is 9.15 Å². The number of nitrogens with one attached hydrogen (secondary N) is 1. The van der Waals surface area contributed by atoms with E-state index in [1.165, 1.54) is 0 Å². The van der Waals surface area contributed by atoms with Crippen LogP contribution in [-0.4, -0.2) is 13.2 Å². The van der Waals surface area contributed by atoms with Crippen LogP contribution in [0.1, 0.15) is 25.2 Å². The number of methoxy groups -OCH3 is 1. The first-order valence-electron chi connectivity index (χ1n) is 6.15. The van der Waals surface area contributed by atoms with Gasteiger partial charge >= 0.3 is 0 Å². The molecule has 0 aliphatic carbocycles. The van der Waals surface area contributed by atoms with Crippen molar-refractivity contribution in [1.29, 1.82) is 0 Å². The van der Waals surface area contributed by atoms with E-state index in [0.29, 0.717) is 34.8 Å². The minimum absolute atomic E-state index is 0.377. The van der Waals surface area contributed by atoms with E-state index >= 15 is 0 Å². The molecule has 1 aromatic heterocycles. The molecule has 2 rings (SSSR count). The fraction of sp³-hybridized carbons (Fsp3) is 0.429. The molecule has 0 saturated carbocycles. The quantitative estimate of drug-likeness (QED) is 0.890. The standard InChI is InChI=1S/C14H17Cl2NO2/c1-8(2)17-6-12-10(7-18-3)9-4-5-11(15)13(16)14(9)19-12/h4-5,8,17H,6-7H2,1-3H3. The zero-order valence-electron chi connectivity index (χ0n) is 11.2. The van der Waals surface area contributed by atoms with Crippen LogP contribution in [0.15, 0.2) is 16.5 Å². The van der Waals surface area contributed by atoms with Gasteiger partial charge in [-0.1, -0.05) is 37.0 Å². The Morgan fingerprint density at radius 2 is 2.05 bits per heavy atom. The summed E-state index contributed by atoms with van der Waals surface area (Å²) in [4.78, 5) is 0. The summed E-state index contributed by atoms with van der Waals surface area (Å²) >= 11 is 12.2. The number of hydrogen-bond acceptors (Lipinski definition) is 3. The van der Waals surface area contributed by atoms with Crippen molar-refractivity contribution in [3.05, 3.63) is 33.5 Å². The van der Waals surface area contributed by atoms with Gasteiger partial charge in [0.2, 0.25) is 0 Å². The predicted octanol–water partition coefficient (Wildman–Crippen LogP) is 4.38. The third-order valence-electron chi connectivity index (χ3n) is 2.90. The molecular weight excluding hydrogens is 285 g/mol. The third-order valence-corrected chi connectivity index (χ3v) is 3.68. The highest BCUT2D eigenvalue weighted by Gasteiger charge is 2.17. The van der Waals surface area contributed by atoms with Gasteiger partial charge < -0.3 is 14.5 Å². The molecule has 1 N–H and O–H groups in total. The van der Waals surface area contributed by atoms with Crippen molar-refractivity contribution in [3.63, 3.8) is 0 Å². The summed E-state index contributed by atoms with van der Waals surface area (Å²) in [7, 11) is 1.66. The monoisotopic (exact) mass is 301 g/mol. The van der Waals surface area contributed by atoms with E-state index in [1.807, 2.05) is 6.07 Å². The van der Waals surface area contributed by atoms with Gasteiger partial charge in [-0.15, -0.1) is 0 Å². The van der Waals surface area contributed by atoms with Crippen LogP contribution in [0.2, 0.25) is 10.0 Å². The van der Waals surface area contributed by atoms with E-state index in [2.05, 4.69) is 19.2 Å². The molecular formula is C14H17Cl2NO2. The van der Waals surface area contributed by atoms with Crippen molar-refractivity contribution in [3.8, 4) is 0 Å². The Morgan fingerprint density at radius 1 is 1.32 bits per heavy atom. The second kappa shape index (κ2) is 6.14. The maximum absolute atomic E-state index is 6.19. The summed E-state index contributed by atoms with van der Waals surface area (Å²) in [6, 6.07) is 4.07. The second-order valence-corrected chi connectivity index (χ2v) is 5.50. The van der Waals surface area contributed by atoms with Gasteiger partial charge in [-0.2, -0.15) is 0 Å². The minimum atomic E-state index is 0.377. The van der Waals surface area contributed by atoms with Crippen molar-refractivity contribution in [2.45, 2.75) is 33.0 Å². The maximum atomic E-state index is 6.19. The molecule has 0 atom stereocenters. The summed E-state index contributed by atoms with van der Waals surface area (Å²) in [5, 5.41) is 5.23. The van der Waals surface area contributed by atoms with Gasteiger partial charge in [0.1, 0.15) is 10.8 Å². The van der Waals surface area contributed by atoms with Crippen molar-refractivity contribution in [2.75, 3.05) is 7.11 Å². The SMILES string of the molecule is COCc1c(CNC(C)C)oc2c(Cl)c(Cl)ccc12. The van der Waals surface area contributed by atoms with E-state index in [9.17, 15) is 0 Å². The lowest BCUT2D eigenvalue weighted by atomic mass is 10.1. The molecule has 0 aliphatic heterocycles. The van der Waals surface area contributed by atoms with E-state index in [4.69, 9.17) is 32.4 Å². The van der Waals surface area contributed by atoms with Gasteiger partial charge in [-0.3, -0.25) is 0 Å². The zero-order valence-corrected chi connectivity index (χ0v) is 12.7. The van der Waals surface area contributed by atoms with E-state index in [-0.39, 0.29) is 0 Å². The summed E-state index contributed by atoms with van der Waals surface area (Å²) in [6.07, 6.45) is 0. The molecule has 3 nitrogen and oxygen atoms in total. The van der Waals surface area contributed by atoms with Crippen molar-refractivity contribution in [1.82, 2.24) is 5.32 Å². The van der Waals surface area contributed by atoms with Crippen LogP contribution >= 0.6 is 23.2 Å². The molecule has 0 spiro atoms. The minimum Gasteiger partial charge on any atom is -0.458 e. The Hall–Kier alpha value is -0.740. The van der Waals surface area contributed by atoms with E-state index in [1.54, 1.807) is 13.2 Å². The fourth-order valence-electron chi connectivity index (χ4n) is 1.95. The summed E-state index contributed by atoms with van der Waals surface area (Å²) in [5.41, 5.74) is 1.64. The number of furan rings is 1. The average molecular weight is 302 g/mol. The molecule has 104 valence electrons. The molecule has 0 bridgehead atoms. The highest BCUT2D eigenvalue weighted by molar-refractivity contribution is 6.44. The van der Waals surface area contributed by atoms with Gasteiger partial charge in [0.25, 0.3) is 0 Å². The largest absolute Gasteiger partial charge is 0.458 e. The first-order valence-corrected chi connectivity index (χ1v) is 6.90. The molecule has 0 fully saturated rings. The molecule has 0 unspecified atom stereocenters.